The third-order valence-corrected chi connectivity index (χ3v) is 5.36. The third-order valence-electron chi connectivity index (χ3n) is 4.44. The summed E-state index contributed by atoms with van der Waals surface area (Å²) in [6, 6.07) is 8.27. The Morgan fingerprint density at radius 3 is 2.90 bits per heavy atom. The van der Waals surface area contributed by atoms with E-state index in [4.69, 9.17) is 10.5 Å². The normalized spacial score (nSPS) is 15.1. The van der Waals surface area contributed by atoms with Crippen LogP contribution in [0.1, 0.15) is 29.8 Å². The average Bonchev–Trinajstić information content (AvgIpc) is 3.12. The zero-order valence-corrected chi connectivity index (χ0v) is 17.1. The fourth-order valence-electron chi connectivity index (χ4n) is 3.06. The van der Waals surface area contributed by atoms with Crippen LogP contribution in [0.15, 0.2) is 53.3 Å². The molecule has 0 saturated heterocycles. The van der Waals surface area contributed by atoms with Crippen LogP contribution in [0.4, 0.5) is 5.69 Å². The van der Waals surface area contributed by atoms with E-state index in [0.29, 0.717) is 22.5 Å². The van der Waals surface area contributed by atoms with Gasteiger partial charge in [0.15, 0.2) is 5.84 Å². The minimum Gasteiger partial charge on any atom is -0.490 e. The second kappa shape index (κ2) is 7.02. The number of benzene rings is 1. The SMILES string of the molecule is CC(C)(COc1cccc2c1C(N)=NS(=O)(=O)N2)NC(=O)c1ccn2ccnc2c1. The van der Waals surface area contributed by atoms with Gasteiger partial charge in [-0.15, -0.1) is 4.40 Å². The number of nitrogens with two attached hydrogens (primary N) is 1. The van der Waals surface area contributed by atoms with Crippen molar-refractivity contribution in [2.75, 3.05) is 11.3 Å². The van der Waals surface area contributed by atoms with Crippen molar-refractivity contribution in [2.24, 2.45) is 10.1 Å². The molecule has 4 rings (SSSR count). The summed E-state index contributed by atoms with van der Waals surface area (Å²) in [5, 5.41) is 2.93. The molecule has 0 fully saturated rings. The van der Waals surface area contributed by atoms with E-state index in [9.17, 15) is 13.2 Å². The summed E-state index contributed by atoms with van der Waals surface area (Å²) in [4.78, 5) is 16.9. The molecular weight excluding hydrogens is 408 g/mol. The van der Waals surface area contributed by atoms with Crippen molar-refractivity contribution in [1.29, 1.82) is 0 Å². The lowest BCUT2D eigenvalue weighted by Crippen LogP contribution is -2.48. The van der Waals surface area contributed by atoms with Gasteiger partial charge < -0.3 is 20.2 Å². The Labute approximate surface area is 173 Å². The average molecular weight is 428 g/mol. The number of hydrogen-bond acceptors (Lipinski definition) is 6. The Kier molecular flexibility index (Phi) is 4.61. The molecule has 0 aliphatic carbocycles. The van der Waals surface area contributed by atoms with E-state index in [1.165, 1.54) is 0 Å². The van der Waals surface area contributed by atoms with Crippen LogP contribution in [0.3, 0.4) is 0 Å². The maximum atomic E-state index is 12.7. The molecule has 1 amide bonds. The number of nitrogens with one attached hydrogen (secondary N) is 2. The summed E-state index contributed by atoms with van der Waals surface area (Å²) in [5.74, 6) is -0.0653. The lowest BCUT2D eigenvalue weighted by atomic mass is 10.1. The number of imidazole rings is 1. The summed E-state index contributed by atoms with van der Waals surface area (Å²) < 4.78 is 36.9. The number of carbonyl (C=O) groups excluding carboxylic acids is 1. The first-order valence-corrected chi connectivity index (χ1v) is 10.5. The Balaban J connectivity index is 1.49. The van der Waals surface area contributed by atoms with Gasteiger partial charge in [-0.2, -0.15) is 8.42 Å². The molecule has 0 atom stereocenters. The Morgan fingerprint density at radius 2 is 2.10 bits per heavy atom. The number of anilines is 1. The molecule has 1 aromatic carbocycles. The highest BCUT2D eigenvalue weighted by molar-refractivity contribution is 7.91. The van der Waals surface area contributed by atoms with Gasteiger partial charge in [0, 0.05) is 24.2 Å². The molecule has 1 aliphatic rings. The van der Waals surface area contributed by atoms with E-state index in [0.717, 1.165) is 0 Å². The van der Waals surface area contributed by atoms with Crippen molar-refractivity contribution in [2.45, 2.75) is 19.4 Å². The van der Waals surface area contributed by atoms with Crippen LogP contribution in [-0.2, 0) is 10.2 Å². The molecule has 3 heterocycles. The number of amidine groups is 1. The van der Waals surface area contributed by atoms with Crippen LogP contribution in [0.5, 0.6) is 5.75 Å². The van der Waals surface area contributed by atoms with Gasteiger partial charge in [-0.05, 0) is 38.1 Å². The van der Waals surface area contributed by atoms with Crippen LogP contribution in [0.2, 0.25) is 0 Å². The van der Waals surface area contributed by atoms with Crippen LogP contribution in [0.25, 0.3) is 5.65 Å². The maximum Gasteiger partial charge on any atom is 0.344 e. The first-order chi connectivity index (χ1) is 14.1. The molecule has 2 aromatic heterocycles. The van der Waals surface area contributed by atoms with Gasteiger partial charge in [0.25, 0.3) is 5.91 Å². The summed E-state index contributed by atoms with van der Waals surface area (Å²) in [6.45, 7) is 3.74. The molecule has 10 nitrogen and oxygen atoms in total. The van der Waals surface area contributed by atoms with Crippen molar-refractivity contribution in [3.8, 4) is 5.75 Å². The number of nitrogens with zero attached hydrogens (tertiary/aromatic N) is 3. The number of carbonyl (C=O) groups is 1. The van der Waals surface area contributed by atoms with Gasteiger partial charge in [0.1, 0.15) is 18.0 Å². The molecule has 0 saturated carbocycles. The zero-order chi connectivity index (χ0) is 21.5. The first-order valence-electron chi connectivity index (χ1n) is 9.03. The van der Waals surface area contributed by atoms with Gasteiger partial charge in [-0.25, -0.2) is 4.98 Å². The number of ether oxygens (including phenoxy) is 1. The standard InChI is InChI=1S/C19H20N6O4S/c1-19(2,22-18(26)12-6-8-25-9-7-21-15(25)10-12)11-29-14-5-3-4-13-16(14)17(20)24-30(27,28)23-13/h3-10,23H,11H2,1-2H3,(H2,20,24)(H,22,26). The summed E-state index contributed by atoms with van der Waals surface area (Å²) in [7, 11) is -3.87. The molecule has 0 unspecified atom stereocenters. The third kappa shape index (κ3) is 3.92. The van der Waals surface area contributed by atoms with Gasteiger partial charge in [-0.1, -0.05) is 6.07 Å². The van der Waals surface area contributed by atoms with Crippen LogP contribution >= 0.6 is 0 Å². The molecule has 0 radical (unpaired) electrons. The number of fused-ring (bicyclic) bond motifs is 2. The fourth-order valence-corrected chi connectivity index (χ4v) is 3.91. The highest BCUT2D eigenvalue weighted by atomic mass is 32.2. The largest absolute Gasteiger partial charge is 0.490 e. The highest BCUT2D eigenvalue weighted by Gasteiger charge is 2.27. The quantitative estimate of drug-likeness (QED) is 0.559. The van der Waals surface area contributed by atoms with Gasteiger partial charge >= 0.3 is 10.2 Å². The first kappa shape index (κ1) is 19.7. The lowest BCUT2D eigenvalue weighted by Gasteiger charge is -2.27. The Hall–Kier alpha value is -3.60. The second-order valence-corrected chi connectivity index (χ2v) is 8.80. The smallest absolute Gasteiger partial charge is 0.344 e. The van der Waals surface area contributed by atoms with E-state index in [2.05, 4.69) is 19.4 Å². The predicted octanol–water partition coefficient (Wildman–Crippen LogP) is 1.30. The Bertz CT molecular complexity index is 1280. The van der Waals surface area contributed by atoms with Crippen molar-refractivity contribution in [3.63, 3.8) is 0 Å². The van der Waals surface area contributed by atoms with Crippen molar-refractivity contribution in [1.82, 2.24) is 14.7 Å². The predicted molar refractivity (Wildman–Crippen MR) is 112 cm³/mol. The highest BCUT2D eigenvalue weighted by Crippen LogP contribution is 2.30. The second-order valence-electron chi connectivity index (χ2n) is 7.47. The monoisotopic (exact) mass is 428 g/mol. The van der Waals surface area contributed by atoms with E-state index in [-0.39, 0.29) is 24.0 Å². The fraction of sp³-hybridized carbons (Fsp3) is 0.211. The van der Waals surface area contributed by atoms with Crippen molar-refractivity contribution < 1.29 is 17.9 Å². The van der Waals surface area contributed by atoms with E-state index in [1.807, 2.05) is 18.2 Å². The summed E-state index contributed by atoms with van der Waals surface area (Å²) >= 11 is 0. The molecular formula is C19H20N6O4S. The summed E-state index contributed by atoms with van der Waals surface area (Å²) in [5.41, 5.74) is 6.89. The molecule has 1 aliphatic heterocycles. The van der Waals surface area contributed by atoms with Gasteiger partial charge in [-0.3, -0.25) is 9.52 Å². The van der Waals surface area contributed by atoms with E-state index < -0.39 is 15.7 Å². The minimum atomic E-state index is -3.87. The molecule has 11 heteroatoms. The minimum absolute atomic E-state index is 0.112. The van der Waals surface area contributed by atoms with E-state index in [1.54, 1.807) is 48.9 Å². The van der Waals surface area contributed by atoms with E-state index >= 15 is 0 Å². The van der Waals surface area contributed by atoms with Crippen LogP contribution in [0, 0.1) is 0 Å². The van der Waals surface area contributed by atoms with Crippen LogP contribution < -0.4 is 20.5 Å². The topological polar surface area (TPSA) is 140 Å². The number of amides is 1. The summed E-state index contributed by atoms with van der Waals surface area (Å²) in [6.07, 6.45) is 5.22. The van der Waals surface area contributed by atoms with Gasteiger partial charge in [0.2, 0.25) is 0 Å². The number of pyridine rings is 1. The van der Waals surface area contributed by atoms with Crippen LogP contribution in [-0.4, -0.2) is 41.7 Å². The number of rotatable bonds is 5. The van der Waals surface area contributed by atoms with Gasteiger partial charge in [0.05, 0.1) is 16.8 Å². The van der Waals surface area contributed by atoms with Crippen molar-refractivity contribution in [3.05, 3.63) is 60.0 Å². The molecule has 156 valence electrons. The molecule has 3 aromatic rings. The molecule has 0 bridgehead atoms. The maximum absolute atomic E-state index is 12.7. The zero-order valence-electron chi connectivity index (χ0n) is 16.3. The molecule has 4 N–H and O–H groups in total. The molecule has 30 heavy (non-hydrogen) atoms. The number of aromatic nitrogens is 2. The van der Waals surface area contributed by atoms with Crippen molar-refractivity contribution >= 4 is 33.3 Å². The number of hydrogen-bond donors (Lipinski definition) is 3. The lowest BCUT2D eigenvalue weighted by molar-refractivity contribution is 0.0880. The molecule has 0 spiro atoms. The Morgan fingerprint density at radius 1 is 1.30 bits per heavy atom.